The molecule has 0 amide bonds. The van der Waals surface area contributed by atoms with Gasteiger partial charge in [0.25, 0.3) is 0 Å². The highest BCUT2D eigenvalue weighted by molar-refractivity contribution is 9.11. The molecule has 1 heterocycles. The Hall–Kier alpha value is -1.12. The van der Waals surface area contributed by atoms with Gasteiger partial charge in [-0.25, -0.2) is 4.79 Å². The van der Waals surface area contributed by atoms with Crippen molar-refractivity contribution in [2.45, 2.75) is 6.92 Å². The van der Waals surface area contributed by atoms with Crippen LogP contribution in [-0.4, -0.2) is 12.6 Å². The van der Waals surface area contributed by atoms with Gasteiger partial charge in [0.15, 0.2) is 0 Å². The molecule has 0 aliphatic rings. The summed E-state index contributed by atoms with van der Waals surface area (Å²) < 4.78 is 5.69. The Morgan fingerprint density at radius 2 is 2.47 bits per heavy atom. The smallest absolute Gasteiger partial charge is 0.348 e. The van der Waals surface area contributed by atoms with Crippen molar-refractivity contribution in [1.82, 2.24) is 0 Å². The van der Waals surface area contributed by atoms with E-state index in [4.69, 9.17) is 10.00 Å². The fraction of sp³-hybridized carbons (Fsp3) is 0.200. The third-order valence-corrected chi connectivity index (χ3v) is 3.07. The monoisotopic (exact) mass is 285 g/mol. The number of carbonyl (C=O) groups excluding carboxylic acids is 1. The van der Waals surface area contributed by atoms with Gasteiger partial charge < -0.3 is 4.74 Å². The molecule has 15 heavy (non-hydrogen) atoms. The number of esters is 1. The molecule has 3 nitrogen and oxygen atoms in total. The highest BCUT2D eigenvalue weighted by atomic mass is 79.9. The Labute approximate surface area is 100 Å². The molecule has 5 heteroatoms. The minimum atomic E-state index is -0.579. The van der Waals surface area contributed by atoms with Gasteiger partial charge in [-0.15, -0.1) is 11.3 Å². The van der Waals surface area contributed by atoms with E-state index < -0.39 is 5.97 Å². The summed E-state index contributed by atoms with van der Waals surface area (Å²) in [6.45, 7) is 1.97. The second-order valence-corrected chi connectivity index (χ2v) is 5.03. The van der Waals surface area contributed by atoms with Crippen LogP contribution in [0.4, 0.5) is 0 Å². The number of hydrogen-bond donors (Lipinski definition) is 0. The van der Waals surface area contributed by atoms with Crippen LogP contribution < -0.4 is 0 Å². The van der Waals surface area contributed by atoms with Crippen LogP contribution in [0.5, 0.6) is 0 Å². The Morgan fingerprint density at radius 3 is 2.93 bits per heavy atom. The molecule has 0 atom stereocenters. The molecule has 0 fully saturated rings. The van der Waals surface area contributed by atoms with E-state index in [0.29, 0.717) is 0 Å². The summed E-state index contributed by atoms with van der Waals surface area (Å²) in [4.78, 5) is 12.1. The molecule has 78 valence electrons. The predicted octanol–water partition coefficient (Wildman–Crippen LogP) is 2.98. The summed E-state index contributed by atoms with van der Waals surface area (Å²) in [6, 6.07) is 5.50. The van der Waals surface area contributed by atoms with Gasteiger partial charge >= 0.3 is 5.97 Å². The maximum absolute atomic E-state index is 11.3. The fourth-order valence-corrected chi connectivity index (χ4v) is 2.26. The average Bonchev–Trinajstić information content (AvgIpc) is 2.61. The van der Waals surface area contributed by atoms with E-state index in [-0.39, 0.29) is 12.2 Å². The highest BCUT2D eigenvalue weighted by Crippen LogP contribution is 2.24. The normalized spacial score (nSPS) is 10.9. The van der Waals surface area contributed by atoms with Gasteiger partial charge in [-0.3, -0.25) is 0 Å². The van der Waals surface area contributed by atoms with E-state index in [0.717, 1.165) is 8.66 Å². The van der Waals surface area contributed by atoms with E-state index in [1.165, 1.54) is 17.4 Å². The lowest BCUT2D eigenvalue weighted by Crippen LogP contribution is -2.05. The molecule has 0 radical (unpaired) electrons. The molecule has 0 bridgehead atoms. The standard InChI is InChI=1S/C10H8BrNO2S/c1-2-14-10(13)7(6-12)5-8-3-4-9(11)15-8/h3-5H,2H2,1H3/b7-5-. The summed E-state index contributed by atoms with van der Waals surface area (Å²) in [5.41, 5.74) is 0.0196. The highest BCUT2D eigenvalue weighted by Gasteiger charge is 2.09. The Balaban J connectivity index is 2.88. The first-order chi connectivity index (χ1) is 7.17. The van der Waals surface area contributed by atoms with Gasteiger partial charge in [0.2, 0.25) is 0 Å². The van der Waals surface area contributed by atoms with E-state index in [9.17, 15) is 4.79 Å². The third kappa shape index (κ3) is 3.50. The largest absolute Gasteiger partial charge is 0.462 e. The van der Waals surface area contributed by atoms with Crippen LogP contribution in [0.15, 0.2) is 21.5 Å². The quantitative estimate of drug-likeness (QED) is 0.487. The van der Waals surface area contributed by atoms with Crippen molar-refractivity contribution in [2.75, 3.05) is 6.61 Å². The summed E-state index contributed by atoms with van der Waals surface area (Å²) in [5.74, 6) is -0.579. The number of ether oxygens (including phenoxy) is 1. The van der Waals surface area contributed by atoms with E-state index in [1.54, 1.807) is 6.92 Å². The maximum atomic E-state index is 11.3. The molecule has 0 N–H and O–H groups in total. The first-order valence-electron chi connectivity index (χ1n) is 4.21. The zero-order valence-electron chi connectivity index (χ0n) is 7.99. The number of thiophene rings is 1. The minimum Gasteiger partial charge on any atom is -0.462 e. The summed E-state index contributed by atoms with van der Waals surface area (Å²) >= 11 is 4.75. The van der Waals surface area contributed by atoms with Crippen molar-refractivity contribution in [1.29, 1.82) is 5.26 Å². The Morgan fingerprint density at radius 1 is 1.73 bits per heavy atom. The van der Waals surface area contributed by atoms with Gasteiger partial charge in [-0.2, -0.15) is 5.26 Å². The number of rotatable bonds is 3. The van der Waals surface area contributed by atoms with Crippen LogP contribution >= 0.6 is 27.3 Å². The second kappa shape index (κ2) is 5.69. The van der Waals surface area contributed by atoms with Crippen LogP contribution in [0.2, 0.25) is 0 Å². The summed E-state index contributed by atoms with van der Waals surface area (Å²) in [5, 5.41) is 8.76. The zero-order chi connectivity index (χ0) is 11.3. The van der Waals surface area contributed by atoms with Crippen LogP contribution in [-0.2, 0) is 9.53 Å². The molecule has 0 aliphatic carbocycles. The van der Waals surface area contributed by atoms with E-state index in [2.05, 4.69) is 15.9 Å². The van der Waals surface area contributed by atoms with Crippen molar-refractivity contribution in [3.8, 4) is 6.07 Å². The molecule has 1 aromatic rings. The van der Waals surface area contributed by atoms with Crippen molar-refractivity contribution < 1.29 is 9.53 Å². The lowest BCUT2D eigenvalue weighted by Gasteiger charge is -1.97. The number of carbonyl (C=O) groups is 1. The third-order valence-electron chi connectivity index (χ3n) is 1.50. The van der Waals surface area contributed by atoms with Gasteiger partial charge in [0.05, 0.1) is 10.4 Å². The van der Waals surface area contributed by atoms with Crippen molar-refractivity contribution in [3.05, 3.63) is 26.4 Å². The van der Waals surface area contributed by atoms with Crippen molar-refractivity contribution in [3.63, 3.8) is 0 Å². The SMILES string of the molecule is CCOC(=O)/C(C#N)=C\c1ccc(Br)s1. The van der Waals surface area contributed by atoms with E-state index in [1.807, 2.05) is 18.2 Å². The molecule has 0 aliphatic heterocycles. The van der Waals surface area contributed by atoms with Crippen molar-refractivity contribution in [2.24, 2.45) is 0 Å². The predicted molar refractivity (Wildman–Crippen MR) is 62.2 cm³/mol. The zero-order valence-corrected chi connectivity index (χ0v) is 10.4. The van der Waals surface area contributed by atoms with Crippen LogP contribution in [0.1, 0.15) is 11.8 Å². The molecule has 0 aromatic carbocycles. The van der Waals surface area contributed by atoms with Crippen LogP contribution in [0.25, 0.3) is 6.08 Å². The topological polar surface area (TPSA) is 50.1 Å². The molecule has 0 saturated carbocycles. The number of nitrogens with zero attached hydrogens (tertiary/aromatic N) is 1. The number of nitriles is 1. The minimum absolute atomic E-state index is 0.0196. The molecule has 0 unspecified atom stereocenters. The maximum Gasteiger partial charge on any atom is 0.348 e. The summed E-state index contributed by atoms with van der Waals surface area (Å²) in [7, 11) is 0. The molecule has 0 spiro atoms. The molecule has 1 rings (SSSR count). The second-order valence-electron chi connectivity index (χ2n) is 2.53. The Bertz CT molecular complexity index is 431. The lowest BCUT2D eigenvalue weighted by atomic mass is 10.2. The lowest BCUT2D eigenvalue weighted by molar-refractivity contribution is -0.137. The fourth-order valence-electron chi connectivity index (χ4n) is 0.894. The van der Waals surface area contributed by atoms with Gasteiger partial charge in [0.1, 0.15) is 11.6 Å². The number of hydrogen-bond acceptors (Lipinski definition) is 4. The van der Waals surface area contributed by atoms with Crippen molar-refractivity contribution >= 4 is 39.3 Å². The molecular weight excluding hydrogens is 278 g/mol. The average molecular weight is 286 g/mol. The van der Waals surface area contributed by atoms with Crippen LogP contribution in [0, 0.1) is 11.3 Å². The molecule has 1 aromatic heterocycles. The molecular formula is C10H8BrNO2S. The molecule has 0 saturated heterocycles. The van der Waals surface area contributed by atoms with Gasteiger partial charge in [0, 0.05) is 4.88 Å². The van der Waals surface area contributed by atoms with Gasteiger partial charge in [-0.1, -0.05) is 0 Å². The Kier molecular flexibility index (Phi) is 4.53. The van der Waals surface area contributed by atoms with Crippen LogP contribution in [0.3, 0.4) is 0 Å². The van der Waals surface area contributed by atoms with Gasteiger partial charge in [-0.05, 0) is 41.1 Å². The first kappa shape index (κ1) is 12.0. The van der Waals surface area contributed by atoms with E-state index >= 15 is 0 Å². The summed E-state index contributed by atoms with van der Waals surface area (Å²) in [6.07, 6.45) is 1.52. The number of halogens is 1. The first-order valence-corrected chi connectivity index (χ1v) is 5.82.